The molecule has 1 unspecified atom stereocenters. The number of phenols is 1. The summed E-state index contributed by atoms with van der Waals surface area (Å²) in [6.45, 7) is 6.24. The first-order valence-corrected chi connectivity index (χ1v) is 5.98. The highest BCUT2D eigenvalue weighted by Gasteiger charge is 2.18. The predicted octanol–water partition coefficient (Wildman–Crippen LogP) is 1.94. The second kappa shape index (κ2) is 4.77. The normalized spacial score (nSPS) is 13.8. The highest BCUT2D eigenvalue weighted by Crippen LogP contribution is 2.12. The summed E-state index contributed by atoms with van der Waals surface area (Å²) >= 11 is 0. The zero-order valence-electron chi connectivity index (χ0n) is 9.28. The van der Waals surface area contributed by atoms with Crippen LogP contribution < -0.4 is 4.72 Å². The molecule has 0 bridgehead atoms. The Bertz CT molecular complexity index is 358. The maximum Gasteiger partial charge on any atom is 0.115 e. The van der Waals surface area contributed by atoms with Crippen LogP contribution in [-0.2, 0) is 17.5 Å². The lowest BCUT2D eigenvalue weighted by molar-refractivity contribution is 0.474. The molecule has 1 rings (SSSR count). The van der Waals surface area contributed by atoms with E-state index in [4.69, 9.17) is 0 Å². The monoisotopic (exact) mass is 227 g/mol. The van der Waals surface area contributed by atoms with Crippen LogP contribution in [0.15, 0.2) is 24.3 Å². The molecule has 15 heavy (non-hydrogen) atoms. The maximum atomic E-state index is 11.7. The summed E-state index contributed by atoms with van der Waals surface area (Å²) in [5, 5.41) is 9.23. The lowest BCUT2D eigenvalue weighted by Crippen LogP contribution is -2.32. The van der Waals surface area contributed by atoms with Crippen LogP contribution >= 0.6 is 0 Å². The molecule has 0 spiro atoms. The summed E-state index contributed by atoms with van der Waals surface area (Å²) in [6, 6.07) is 6.93. The Morgan fingerprint density at radius 1 is 1.40 bits per heavy atom. The maximum absolute atomic E-state index is 11.7. The molecule has 0 radical (unpaired) electrons. The Hall–Kier alpha value is -0.870. The van der Waals surface area contributed by atoms with Crippen molar-refractivity contribution in [3.8, 4) is 5.75 Å². The van der Waals surface area contributed by atoms with Crippen LogP contribution in [0.4, 0.5) is 0 Å². The van der Waals surface area contributed by atoms with E-state index in [-0.39, 0.29) is 10.5 Å². The van der Waals surface area contributed by atoms with Crippen molar-refractivity contribution in [3.05, 3.63) is 29.8 Å². The molecule has 1 aromatic carbocycles. The molecular formula is C11H17NO2S. The number of benzene rings is 1. The average molecular weight is 227 g/mol. The number of aromatic hydroxyl groups is 1. The Balaban J connectivity index is 2.55. The first-order valence-electron chi connectivity index (χ1n) is 4.83. The van der Waals surface area contributed by atoms with Gasteiger partial charge in [0.15, 0.2) is 0 Å². The molecule has 84 valence electrons. The van der Waals surface area contributed by atoms with E-state index in [0.717, 1.165) is 5.56 Å². The van der Waals surface area contributed by atoms with E-state index < -0.39 is 11.0 Å². The molecule has 0 aliphatic heterocycles. The quantitative estimate of drug-likeness (QED) is 0.829. The first-order chi connectivity index (χ1) is 6.89. The fraction of sp³-hybridized carbons (Fsp3) is 0.455. The largest absolute Gasteiger partial charge is 0.508 e. The summed E-state index contributed by atoms with van der Waals surface area (Å²) in [7, 11) is -1.08. The molecule has 0 fully saturated rings. The van der Waals surface area contributed by atoms with Crippen LogP contribution in [0.25, 0.3) is 0 Å². The zero-order valence-corrected chi connectivity index (χ0v) is 10.1. The minimum atomic E-state index is -1.08. The zero-order chi connectivity index (χ0) is 11.5. The summed E-state index contributed by atoms with van der Waals surface area (Å²) in [5.41, 5.74) is 0.924. The molecule has 0 saturated carbocycles. The Morgan fingerprint density at radius 3 is 2.60 bits per heavy atom. The van der Waals surface area contributed by atoms with Gasteiger partial charge in [0.05, 0.1) is 15.7 Å². The van der Waals surface area contributed by atoms with E-state index in [1.165, 1.54) is 0 Å². The Kier molecular flexibility index (Phi) is 3.88. The van der Waals surface area contributed by atoms with E-state index in [0.29, 0.717) is 6.54 Å². The number of hydrogen-bond donors (Lipinski definition) is 2. The second-order valence-electron chi connectivity index (χ2n) is 4.37. The number of hydrogen-bond acceptors (Lipinski definition) is 2. The number of phenolic OH excluding ortho intramolecular Hbond substituents is 1. The SMILES string of the molecule is CC(C)(C)S(=O)NCc1cccc(O)c1. The van der Waals surface area contributed by atoms with Crippen molar-refractivity contribution in [2.45, 2.75) is 32.1 Å². The van der Waals surface area contributed by atoms with E-state index in [1.807, 2.05) is 26.8 Å². The van der Waals surface area contributed by atoms with Crippen LogP contribution in [0.2, 0.25) is 0 Å². The van der Waals surface area contributed by atoms with Crippen molar-refractivity contribution in [3.63, 3.8) is 0 Å². The molecule has 1 atom stereocenters. The minimum Gasteiger partial charge on any atom is -0.508 e. The molecule has 0 heterocycles. The van der Waals surface area contributed by atoms with Gasteiger partial charge in [-0.3, -0.25) is 0 Å². The van der Waals surface area contributed by atoms with Crippen molar-refractivity contribution in [2.75, 3.05) is 0 Å². The van der Waals surface area contributed by atoms with Gasteiger partial charge in [0.1, 0.15) is 5.75 Å². The molecule has 0 aromatic heterocycles. The number of nitrogens with one attached hydrogen (secondary N) is 1. The van der Waals surface area contributed by atoms with E-state index >= 15 is 0 Å². The van der Waals surface area contributed by atoms with E-state index in [2.05, 4.69) is 4.72 Å². The van der Waals surface area contributed by atoms with Crippen LogP contribution in [0, 0.1) is 0 Å². The third-order valence-corrected chi connectivity index (χ3v) is 3.39. The third-order valence-electron chi connectivity index (χ3n) is 1.87. The Morgan fingerprint density at radius 2 is 2.07 bits per heavy atom. The van der Waals surface area contributed by atoms with Crippen molar-refractivity contribution < 1.29 is 9.32 Å². The fourth-order valence-electron chi connectivity index (χ4n) is 1.03. The molecule has 4 heteroatoms. The van der Waals surface area contributed by atoms with Crippen molar-refractivity contribution in [1.82, 2.24) is 4.72 Å². The van der Waals surface area contributed by atoms with Crippen molar-refractivity contribution >= 4 is 11.0 Å². The predicted molar refractivity (Wildman–Crippen MR) is 62.8 cm³/mol. The lowest BCUT2D eigenvalue weighted by atomic mass is 10.2. The standard InChI is InChI=1S/C11H17NO2S/c1-11(2,3)15(14)12-8-9-5-4-6-10(13)7-9/h4-7,12-13H,8H2,1-3H3. The van der Waals surface area contributed by atoms with Crippen LogP contribution in [0.3, 0.4) is 0 Å². The summed E-state index contributed by atoms with van der Waals surface area (Å²) in [6.07, 6.45) is 0. The average Bonchev–Trinajstić information content (AvgIpc) is 2.12. The van der Waals surface area contributed by atoms with Crippen LogP contribution in [0.5, 0.6) is 5.75 Å². The highest BCUT2D eigenvalue weighted by atomic mass is 32.2. The van der Waals surface area contributed by atoms with Crippen LogP contribution in [0.1, 0.15) is 26.3 Å². The summed E-state index contributed by atoms with van der Waals surface area (Å²) < 4.78 is 14.3. The van der Waals surface area contributed by atoms with Gasteiger partial charge >= 0.3 is 0 Å². The van der Waals surface area contributed by atoms with Gasteiger partial charge in [-0.2, -0.15) is 0 Å². The molecule has 0 aliphatic carbocycles. The van der Waals surface area contributed by atoms with Gasteiger partial charge in [0.2, 0.25) is 0 Å². The van der Waals surface area contributed by atoms with Gasteiger partial charge in [0.25, 0.3) is 0 Å². The molecule has 0 aliphatic rings. The lowest BCUT2D eigenvalue weighted by Gasteiger charge is -2.18. The van der Waals surface area contributed by atoms with Crippen molar-refractivity contribution in [1.29, 1.82) is 0 Å². The highest BCUT2D eigenvalue weighted by molar-refractivity contribution is 7.84. The fourth-order valence-corrected chi connectivity index (χ4v) is 1.76. The molecule has 2 N–H and O–H groups in total. The topological polar surface area (TPSA) is 49.3 Å². The number of rotatable bonds is 3. The summed E-state index contributed by atoms with van der Waals surface area (Å²) in [4.78, 5) is 0. The molecule has 0 amide bonds. The van der Waals surface area contributed by atoms with E-state index in [9.17, 15) is 9.32 Å². The van der Waals surface area contributed by atoms with Crippen molar-refractivity contribution in [2.24, 2.45) is 0 Å². The molecule has 3 nitrogen and oxygen atoms in total. The Labute approximate surface area is 93.1 Å². The van der Waals surface area contributed by atoms with Gasteiger partial charge in [-0.1, -0.05) is 12.1 Å². The summed E-state index contributed by atoms with van der Waals surface area (Å²) in [5.74, 6) is 0.232. The van der Waals surface area contributed by atoms with E-state index in [1.54, 1.807) is 18.2 Å². The van der Waals surface area contributed by atoms with Gasteiger partial charge in [0, 0.05) is 6.54 Å². The smallest absolute Gasteiger partial charge is 0.115 e. The van der Waals surface area contributed by atoms with Gasteiger partial charge in [-0.25, -0.2) is 8.93 Å². The van der Waals surface area contributed by atoms with Crippen LogP contribution in [-0.4, -0.2) is 14.1 Å². The minimum absolute atomic E-state index is 0.232. The van der Waals surface area contributed by atoms with Gasteiger partial charge in [-0.15, -0.1) is 0 Å². The van der Waals surface area contributed by atoms with Gasteiger partial charge in [-0.05, 0) is 38.5 Å². The first kappa shape index (κ1) is 12.2. The molecular weight excluding hydrogens is 210 g/mol. The second-order valence-corrected chi connectivity index (χ2v) is 6.42. The van der Waals surface area contributed by atoms with Gasteiger partial charge < -0.3 is 5.11 Å². The molecule has 1 aromatic rings. The molecule has 0 saturated heterocycles. The third kappa shape index (κ3) is 4.01.